The van der Waals surface area contributed by atoms with Crippen LogP contribution in [0, 0.1) is 0 Å². The van der Waals surface area contributed by atoms with Gasteiger partial charge in [-0.2, -0.15) is 13.2 Å². The molecule has 0 fully saturated rings. The SMILES string of the molecule is CC(C)(C)OC(=O)NCCCCNc1ncnc(C(F)(F)F)c1N. The van der Waals surface area contributed by atoms with Crippen molar-refractivity contribution < 1.29 is 22.7 Å². The number of anilines is 2. The lowest BCUT2D eigenvalue weighted by Gasteiger charge is -2.19. The van der Waals surface area contributed by atoms with E-state index in [1.54, 1.807) is 20.8 Å². The Kier molecular flexibility index (Phi) is 6.61. The molecular formula is C14H22F3N5O2. The van der Waals surface area contributed by atoms with Crippen molar-refractivity contribution in [3.05, 3.63) is 12.0 Å². The Morgan fingerprint density at radius 1 is 1.21 bits per heavy atom. The van der Waals surface area contributed by atoms with Crippen molar-refractivity contribution in [2.75, 3.05) is 24.1 Å². The topological polar surface area (TPSA) is 102 Å². The maximum absolute atomic E-state index is 12.7. The fourth-order valence-corrected chi connectivity index (χ4v) is 1.72. The van der Waals surface area contributed by atoms with Crippen LogP contribution in [0.2, 0.25) is 0 Å². The zero-order valence-electron chi connectivity index (χ0n) is 13.8. The number of hydrogen-bond acceptors (Lipinski definition) is 6. The molecule has 1 aromatic rings. The highest BCUT2D eigenvalue weighted by Crippen LogP contribution is 2.33. The number of unbranched alkanes of at least 4 members (excludes halogenated alkanes) is 1. The standard InChI is InChI=1S/C14H22F3N5O2/c1-13(2,3)24-12(23)20-7-5-4-6-19-11-9(18)10(14(15,16)17)21-8-22-11/h8H,4-7,18H2,1-3H3,(H,20,23)(H,19,21,22). The number of hydrogen-bond donors (Lipinski definition) is 3. The average Bonchev–Trinajstić information content (AvgIpc) is 2.41. The quantitative estimate of drug-likeness (QED) is 0.683. The molecule has 0 aromatic carbocycles. The first-order chi connectivity index (χ1) is 11.0. The van der Waals surface area contributed by atoms with Crippen LogP contribution < -0.4 is 16.4 Å². The lowest BCUT2D eigenvalue weighted by Crippen LogP contribution is -2.33. The molecule has 0 radical (unpaired) electrons. The number of nitrogen functional groups attached to an aromatic ring is 1. The van der Waals surface area contributed by atoms with Crippen LogP contribution >= 0.6 is 0 Å². The van der Waals surface area contributed by atoms with Gasteiger partial charge in [-0.3, -0.25) is 0 Å². The summed E-state index contributed by atoms with van der Waals surface area (Å²) in [4.78, 5) is 18.3. The third-order valence-corrected chi connectivity index (χ3v) is 2.72. The van der Waals surface area contributed by atoms with Gasteiger partial charge in [0, 0.05) is 13.1 Å². The lowest BCUT2D eigenvalue weighted by molar-refractivity contribution is -0.140. The first-order valence-electron chi connectivity index (χ1n) is 7.39. The van der Waals surface area contributed by atoms with Gasteiger partial charge in [0.25, 0.3) is 0 Å². The summed E-state index contributed by atoms with van der Waals surface area (Å²) in [5, 5.41) is 5.32. The Hall–Kier alpha value is -2.26. The second-order valence-electron chi connectivity index (χ2n) is 6.04. The predicted molar refractivity (Wildman–Crippen MR) is 83.4 cm³/mol. The van der Waals surface area contributed by atoms with Crippen LogP contribution in [0.4, 0.5) is 29.5 Å². The number of carbonyl (C=O) groups excluding carboxylic acids is 1. The Balaban J connectivity index is 2.33. The summed E-state index contributed by atoms with van der Waals surface area (Å²) in [6, 6.07) is 0. The van der Waals surface area contributed by atoms with Crippen LogP contribution in [0.1, 0.15) is 39.3 Å². The van der Waals surface area contributed by atoms with Crippen LogP contribution in [-0.4, -0.2) is 34.8 Å². The van der Waals surface area contributed by atoms with E-state index < -0.39 is 29.3 Å². The minimum absolute atomic E-state index is 0.0579. The number of nitrogens with zero attached hydrogens (tertiary/aromatic N) is 2. The first-order valence-corrected chi connectivity index (χ1v) is 7.39. The van der Waals surface area contributed by atoms with Crippen molar-refractivity contribution in [2.45, 2.75) is 45.4 Å². The molecule has 0 unspecified atom stereocenters. The van der Waals surface area contributed by atoms with E-state index in [1.165, 1.54) is 0 Å². The normalized spacial score (nSPS) is 11.9. The zero-order valence-corrected chi connectivity index (χ0v) is 13.8. The van der Waals surface area contributed by atoms with Gasteiger partial charge in [-0.15, -0.1) is 0 Å². The van der Waals surface area contributed by atoms with E-state index in [0.29, 0.717) is 25.9 Å². The molecule has 136 valence electrons. The highest BCUT2D eigenvalue weighted by atomic mass is 19.4. The van der Waals surface area contributed by atoms with Crippen LogP contribution in [0.15, 0.2) is 6.33 Å². The number of alkyl halides is 3. The molecule has 1 heterocycles. The molecule has 0 spiro atoms. The van der Waals surface area contributed by atoms with Crippen molar-refractivity contribution in [1.82, 2.24) is 15.3 Å². The summed E-state index contributed by atoms with van der Waals surface area (Å²) in [5.74, 6) is -0.0579. The molecule has 1 rings (SSSR count). The maximum atomic E-state index is 12.7. The van der Waals surface area contributed by atoms with E-state index in [9.17, 15) is 18.0 Å². The summed E-state index contributed by atoms with van der Waals surface area (Å²) in [6.07, 6.45) is -3.11. The maximum Gasteiger partial charge on any atom is 0.435 e. The number of ether oxygens (including phenoxy) is 1. The summed E-state index contributed by atoms with van der Waals surface area (Å²) >= 11 is 0. The molecule has 10 heteroatoms. The van der Waals surface area contributed by atoms with E-state index in [4.69, 9.17) is 10.5 Å². The smallest absolute Gasteiger partial charge is 0.435 e. The van der Waals surface area contributed by atoms with E-state index in [0.717, 1.165) is 6.33 Å². The Bertz CT molecular complexity index is 558. The van der Waals surface area contributed by atoms with Crippen molar-refractivity contribution in [3.8, 4) is 0 Å². The second-order valence-corrected chi connectivity index (χ2v) is 6.04. The fraction of sp³-hybridized carbons (Fsp3) is 0.643. The van der Waals surface area contributed by atoms with Gasteiger partial charge in [0.05, 0.1) is 0 Å². The Labute approximate surface area is 138 Å². The molecule has 4 N–H and O–H groups in total. The van der Waals surface area contributed by atoms with Gasteiger partial charge in [-0.05, 0) is 33.6 Å². The summed E-state index contributed by atoms with van der Waals surface area (Å²) in [5.41, 5.74) is 3.17. The van der Waals surface area contributed by atoms with E-state index in [-0.39, 0.29) is 5.82 Å². The number of alkyl carbamates (subject to hydrolysis) is 1. The van der Waals surface area contributed by atoms with Crippen molar-refractivity contribution in [3.63, 3.8) is 0 Å². The highest BCUT2D eigenvalue weighted by molar-refractivity contribution is 5.67. The van der Waals surface area contributed by atoms with E-state index in [1.807, 2.05) is 0 Å². The van der Waals surface area contributed by atoms with Gasteiger partial charge in [0.1, 0.15) is 17.6 Å². The molecule has 1 aromatic heterocycles. The molecule has 0 saturated carbocycles. The van der Waals surface area contributed by atoms with Crippen molar-refractivity contribution >= 4 is 17.6 Å². The Morgan fingerprint density at radius 3 is 2.42 bits per heavy atom. The first kappa shape index (κ1) is 19.8. The molecule has 7 nitrogen and oxygen atoms in total. The fourth-order valence-electron chi connectivity index (χ4n) is 1.72. The number of nitrogens with two attached hydrogens (primary N) is 1. The number of halogens is 3. The number of amides is 1. The molecule has 0 bridgehead atoms. The lowest BCUT2D eigenvalue weighted by atomic mass is 10.2. The highest BCUT2D eigenvalue weighted by Gasteiger charge is 2.36. The number of carbonyl (C=O) groups is 1. The predicted octanol–water partition coefficient (Wildman–Crippen LogP) is 2.79. The van der Waals surface area contributed by atoms with Gasteiger partial charge >= 0.3 is 12.3 Å². The second kappa shape index (κ2) is 8.02. The molecule has 0 atom stereocenters. The minimum atomic E-state index is -4.62. The van der Waals surface area contributed by atoms with E-state index >= 15 is 0 Å². The van der Waals surface area contributed by atoms with Gasteiger partial charge < -0.3 is 21.1 Å². The molecule has 0 aliphatic heterocycles. The van der Waals surface area contributed by atoms with Crippen molar-refractivity contribution in [2.24, 2.45) is 0 Å². The van der Waals surface area contributed by atoms with Crippen LogP contribution in [-0.2, 0) is 10.9 Å². The zero-order chi connectivity index (χ0) is 18.4. The molecular weight excluding hydrogens is 327 g/mol. The third kappa shape index (κ3) is 6.88. The van der Waals surface area contributed by atoms with E-state index in [2.05, 4.69) is 20.6 Å². The van der Waals surface area contributed by atoms with Crippen molar-refractivity contribution in [1.29, 1.82) is 0 Å². The monoisotopic (exact) mass is 349 g/mol. The average molecular weight is 349 g/mol. The summed E-state index contributed by atoms with van der Waals surface area (Å²) < 4.78 is 43.0. The minimum Gasteiger partial charge on any atom is -0.444 e. The number of rotatable bonds is 6. The molecule has 0 aliphatic rings. The molecule has 24 heavy (non-hydrogen) atoms. The summed E-state index contributed by atoms with van der Waals surface area (Å²) in [7, 11) is 0. The number of aromatic nitrogens is 2. The largest absolute Gasteiger partial charge is 0.444 e. The summed E-state index contributed by atoms with van der Waals surface area (Å²) in [6.45, 7) is 6.03. The van der Waals surface area contributed by atoms with Gasteiger partial charge in [0.15, 0.2) is 11.5 Å². The Morgan fingerprint density at radius 2 is 1.83 bits per heavy atom. The van der Waals surface area contributed by atoms with Crippen LogP contribution in [0.25, 0.3) is 0 Å². The van der Waals surface area contributed by atoms with Crippen LogP contribution in [0.3, 0.4) is 0 Å². The molecule has 0 saturated heterocycles. The van der Waals surface area contributed by atoms with Gasteiger partial charge in [-0.1, -0.05) is 0 Å². The van der Waals surface area contributed by atoms with Gasteiger partial charge in [0.2, 0.25) is 0 Å². The third-order valence-electron chi connectivity index (χ3n) is 2.72. The molecule has 0 aliphatic carbocycles. The van der Waals surface area contributed by atoms with Gasteiger partial charge in [-0.25, -0.2) is 14.8 Å². The van der Waals surface area contributed by atoms with Crippen LogP contribution in [0.5, 0.6) is 0 Å². The molecule has 1 amide bonds. The number of nitrogens with one attached hydrogen (secondary N) is 2.